The van der Waals surface area contributed by atoms with Crippen molar-refractivity contribution < 1.29 is 36.3 Å². The standard InChI is InChI=1S/C15H14BrF2NO6S/c1-8(20)24-14-12(21)13(10-4-3-9(17)7-11(10)18)25-15(14)19-26(22,23)6-2-5-16/h3-4,7,19,21H,2,5-6H2,1H3. The topological polar surface area (TPSA) is 106 Å². The zero-order valence-electron chi connectivity index (χ0n) is 13.4. The largest absolute Gasteiger partial charge is 0.502 e. The van der Waals surface area contributed by atoms with Crippen LogP contribution in [0.1, 0.15) is 13.3 Å². The average molecular weight is 454 g/mol. The van der Waals surface area contributed by atoms with Crippen LogP contribution in [0.3, 0.4) is 0 Å². The first kappa shape index (κ1) is 20.2. The molecule has 0 atom stereocenters. The zero-order chi connectivity index (χ0) is 19.5. The molecule has 0 saturated heterocycles. The van der Waals surface area contributed by atoms with Crippen molar-refractivity contribution in [2.75, 3.05) is 15.8 Å². The number of esters is 1. The molecule has 0 aliphatic carbocycles. The van der Waals surface area contributed by atoms with Gasteiger partial charge in [0.1, 0.15) is 11.6 Å². The van der Waals surface area contributed by atoms with Crippen molar-refractivity contribution in [3.05, 3.63) is 29.8 Å². The summed E-state index contributed by atoms with van der Waals surface area (Å²) in [5, 5.41) is 10.6. The highest BCUT2D eigenvalue weighted by atomic mass is 79.9. The van der Waals surface area contributed by atoms with Crippen LogP contribution in [0.15, 0.2) is 22.6 Å². The van der Waals surface area contributed by atoms with Crippen molar-refractivity contribution in [1.82, 2.24) is 0 Å². The number of carbonyl (C=O) groups excluding carboxylic acids is 1. The summed E-state index contributed by atoms with van der Waals surface area (Å²) < 4.78 is 63.1. The molecule has 0 fully saturated rings. The van der Waals surface area contributed by atoms with Gasteiger partial charge < -0.3 is 14.3 Å². The van der Waals surface area contributed by atoms with Gasteiger partial charge in [0.15, 0.2) is 5.76 Å². The van der Waals surface area contributed by atoms with Crippen LogP contribution in [0.5, 0.6) is 11.5 Å². The molecule has 0 aliphatic rings. The first-order chi connectivity index (χ1) is 12.1. The predicted octanol–water partition coefficient (Wildman–Crippen LogP) is 3.38. The number of anilines is 1. The van der Waals surface area contributed by atoms with Gasteiger partial charge in [0.25, 0.3) is 5.88 Å². The van der Waals surface area contributed by atoms with E-state index in [1.807, 2.05) is 4.72 Å². The quantitative estimate of drug-likeness (QED) is 0.491. The molecule has 2 aromatic rings. The van der Waals surface area contributed by atoms with Crippen molar-refractivity contribution in [3.63, 3.8) is 0 Å². The van der Waals surface area contributed by atoms with E-state index in [1.165, 1.54) is 0 Å². The molecule has 1 aromatic carbocycles. The molecule has 7 nitrogen and oxygen atoms in total. The van der Waals surface area contributed by atoms with E-state index >= 15 is 0 Å². The Balaban J connectivity index is 2.52. The Bertz CT molecular complexity index is 928. The lowest BCUT2D eigenvalue weighted by molar-refractivity contribution is -0.131. The Morgan fingerprint density at radius 1 is 1.38 bits per heavy atom. The van der Waals surface area contributed by atoms with Gasteiger partial charge >= 0.3 is 5.97 Å². The van der Waals surface area contributed by atoms with Crippen molar-refractivity contribution in [1.29, 1.82) is 0 Å². The summed E-state index contributed by atoms with van der Waals surface area (Å²) in [6.07, 6.45) is 0.282. The number of carbonyl (C=O) groups is 1. The monoisotopic (exact) mass is 453 g/mol. The van der Waals surface area contributed by atoms with Gasteiger partial charge in [0.05, 0.1) is 11.3 Å². The molecule has 0 saturated carbocycles. The Morgan fingerprint density at radius 2 is 2.08 bits per heavy atom. The lowest BCUT2D eigenvalue weighted by Gasteiger charge is -2.06. The van der Waals surface area contributed by atoms with E-state index in [-0.39, 0.29) is 17.7 Å². The molecule has 142 valence electrons. The number of ether oxygens (including phenoxy) is 1. The number of hydrogen-bond donors (Lipinski definition) is 2. The lowest BCUT2D eigenvalue weighted by Crippen LogP contribution is -2.17. The molecular weight excluding hydrogens is 440 g/mol. The smallest absolute Gasteiger partial charge is 0.308 e. The molecule has 0 bridgehead atoms. The molecule has 2 N–H and O–H groups in total. The van der Waals surface area contributed by atoms with E-state index in [1.54, 1.807) is 0 Å². The van der Waals surface area contributed by atoms with Gasteiger partial charge in [-0.15, -0.1) is 0 Å². The summed E-state index contributed by atoms with van der Waals surface area (Å²) in [5.41, 5.74) is -0.344. The van der Waals surface area contributed by atoms with E-state index in [0.29, 0.717) is 11.4 Å². The number of sulfonamides is 1. The molecule has 0 radical (unpaired) electrons. The fraction of sp³-hybridized carbons (Fsp3) is 0.267. The number of rotatable bonds is 7. The minimum Gasteiger partial charge on any atom is -0.502 e. The van der Waals surface area contributed by atoms with Crippen molar-refractivity contribution in [2.45, 2.75) is 13.3 Å². The molecule has 0 amide bonds. The van der Waals surface area contributed by atoms with E-state index < -0.39 is 50.8 Å². The first-order valence-corrected chi connectivity index (χ1v) is 9.98. The van der Waals surface area contributed by atoms with Gasteiger partial charge in [0.2, 0.25) is 21.5 Å². The zero-order valence-corrected chi connectivity index (χ0v) is 15.8. The Hall–Kier alpha value is -2.14. The lowest BCUT2D eigenvalue weighted by atomic mass is 10.1. The van der Waals surface area contributed by atoms with Gasteiger partial charge in [0, 0.05) is 18.3 Å². The maximum atomic E-state index is 14.0. The summed E-state index contributed by atoms with van der Waals surface area (Å²) in [6.45, 7) is 1.02. The number of nitrogens with one attached hydrogen (secondary N) is 1. The molecule has 11 heteroatoms. The number of benzene rings is 1. The summed E-state index contributed by atoms with van der Waals surface area (Å²) in [6, 6.07) is 2.47. The Morgan fingerprint density at radius 3 is 2.65 bits per heavy atom. The molecule has 26 heavy (non-hydrogen) atoms. The second kappa shape index (κ2) is 8.04. The van der Waals surface area contributed by atoms with E-state index in [2.05, 4.69) is 15.9 Å². The van der Waals surface area contributed by atoms with Crippen molar-refractivity contribution in [3.8, 4) is 22.8 Å². The summed E-state index contributed by atoms with van der Waals surface area (Å²) in [7, 11) is -3.89. The minimum absolute atomic E-state index is 0.278. The number of alkyl halides is 1. The van der Waals surface area contributed by atoms with Gasteiger partial charge in [-0.3, -0.25) is 4.79 Å². The second-order valence-electron chi connectivity index (χ2n) is 5.12. The first-order valence-electron chi connectivity index (χ1n) is 7.20. The van der Waals surface area contributed by atoms with Crippen LogP contribution in [0, 0.1) is 11.6 Å². The van der Waals surface area contributed by atoms with E-state index in [0.717, 1.165) is 19.1 Å². The highest BCUT2D eigenvalue weighted by Gasteiger charge is 2.28. The molecule has 2 rings (SSSR count). The summed E-state index contributed by atoms with van der Waals surface area (Å²) in [4.78, 5) is 11.2. The van der Waals surface area contributed by atoms with Crippen LogP contribution in [-0.2, 0) is 14.8 Å². The van der Waals surface area contributed by atoms with Gasteiger partial charge in [-0.25, -0.2) is 21.9 Å². The third kappa shape index (κ3) is 4.73. The minimum atomic E-state index is -3.89. The van der Waals surface area contributed by atoms with Crippen LogP contribution in [0.4, 0.5) is 14.7 Å². The number of hydrogen-bond acceptors (Lipinski definition) is 6. The van der Waals surface area contributed by atoms with Crippen molar-refractivity contribution >= 4 is 37.8 Å². The van der Waals surface area contributed by atoms with Gasteiger partial charge in [-0.05, 0) is 18.6 Å². The second-order valence-corrected chi connectivity index (χ2v) is 7.75. The summed E-state index contributed by atoms with van der Waals surface area (Å²) >= 11 is 3.10. The van der Waals surface area contributed by atoms with Crippen LogP contribution in [-0.4, -0.2) is 30.6 Å². The van der Waals surface area contributed by atoms with Crippen LogP contribution in [0.2, 0.25) is 0 Å². The van der Waals surface area contributed by atoms with Crippen LogP contribution in [0.25, 0.3) is 11.3 Å². The van der Waals surface area contributed by atoms with Gasteiger partial charge in [-0.2, -0.15) is 0 Å². The molecule has 1 heterocycles. The average Bonchev–Trinajstić information content (AvgIpc) is 2.81. The normalized spacial score (nSPS) is 11.4. The molecule has 0 spiro atoms. The number of aromatic hydroxyl groups is 1. The fourth-order valence-corrected chi connectivity index (χ4v) is 3.70. The SMILES string of the molecule is CC(=O)Oc1c(NS(=O)(=O)CCCBr)oc(-c2ccc(F)cc2F)c1O. The fourth-order valence-electron chi connectivity index (χ4n) is 2.01. The van der Waals surface area contributed by atoms with E-state index in [4.69, 9.17) is 9.15 Å². The Kier molecular flexibility index (Phi) is 6.24. The van der Waals surface area contributed by atoms with Crippen LogP contribution >= 0.6 is 15.9 Å². The van der Waals surface area contributed by atoms with E-state index in [9.17, 15) is 27.1 Å². The third-order valence-corrected chi connectivity index (χ3v) is 4.94. The Labute approximate surface area is 156 Å². The highest BCUT2D eigenvalue weighted by molar-refractivity contribution is 9.09. The maximum absolute atomic E-state index is 14.0. The molecule has 0 unspecified atom stereocenters. The third-order valence-electron chi connectivity index (χ3n) is 3.06. The number of halogens is 3. The predicted molar refractivity (Wildman–Crippen MR) is 92.9 cm³/mol. The van der Waals surface area contributed by atoms with Gasteiger partial charge in [-0.1, -0.05) is 15.9 Å². The molecular formula is C15H14BrF2NO6S. The molecule has 1 aromatic heterocycles. The van der Waals surface area contributed by atoms with Crippen LogP contribution < -0.4 is 9.46 Å². The number of furan rings is 1. The summed E-state index contributed by atoms with van der Waals surface area (Å²) in [5.74, 6) is -5.58. The highest BCUT2D eigenvalue weighted by Crippen LogP contribution is 2.47. The molecule has 0 aliphatic heterocycles. The van der Waals surface area contributed by atoms with Crippen molar-refractivity contribution in [2.24, 2.45) is 0 Å². The maximum Gasteiger partial charge on any atom is 0.308 e.